The highest BCUT2D eigenvalue weighted by Gasteiger charge is 2.29. The third kappa shape index (κ3) is 91.5. The summed E-state index contributed by atoms with van der Waals surface area (Å²) in [5.74, 6) is -1.61. The minimum atomic E-state index is -4.95. The monoisotopic (exact) mass is 1680 g/mol. The quantitative estimate of drug-likeness (QED) is 0.0146. The molecule has 0 amide bonds. The van der Waals surface area contributed by atoms with Crippen LogP contribution in [-0.4, -0.2) is 95.9 Å². The maximum Gasteiger partial charge on any atom is 0.472 e. The average Bonchev–Trinajstić information content (AvgIpc) is 0.904. The molecule has 0 saturated heterocycles. The Kier molecular flexibility index (Phi) is 86.2. The number of rotatable bonds is 87. The van der Waals surface area contributed by atoms with Crippen molar-refractivity contribution in [1.29, 1.82) is 0 Å². The molecule has 670 valence electrons. The third-order valence-corrected chi connectivity index (χ3v) is 21.3. The molecule has 0 aromatic carbocycles. The van der Waals surface area contributed by atoms with E-state index in [1.54, 1.807) is 0 Å². The van der Waals surface area contributed by atoms with Crippen molar-refractivity contribution in [3.05, 3.63) is 170 Å². The molecule has 0 saturated carbocycles. The molecule has 0 radical (unpaired) electrons. The predicted octanol–water partition coefficient (Wildman–Crippen LogP) is 28.7. The molecule has 5 unspecified atom stereocenters. The summed E-state index contributed by atoms with van der Waals surface area (Å²) >= 11 is 0. The Morgan fingerprint density at radius 2 is 0.453 bits per heavy atom. The lowest BCUT2D eigenvalue weighted by molar-refractivity contribution is -0.161. The van der Waals surface area contributed by atoms with Crippen LogP contribution in [0.4, 0.5) is 0 Å². The van der Waals surface area contributed by atoms with Gasteiger partial charge in [-0.25, -0.2) is 9.13 Å². The molecule has 0 aromatic heterocycles. The first-order valence-corrected chi connectivity index (χ1v) is 49.4. The second kappa shape index (κ2) is 90.2. The maximum atomic E-state index is 13.0. The molecule has 16 nitrogen and oxygen atoms in total. The number of aliphatic hydroxyl groups is 2. The number of carbonyl (C=O) groups excluding carboxylic acids is 3. The van der Waals surface area contributed by atoms with Crippen LogP contribution in [0, 0.1) is 0 Å². The number of esters is 3. The number of phosphoric acid groups is 2. The van der Waals surface area contributed by atoms with Crippen LogP contribution in [0.15, 0.2) is 170 Å². The molecule has 0 spiro atoms. The second-order valence-electron chi connectivity index (χ2n) is 30.7. The molecular formula is C99H168O16P2. The summed E-state index contributed by atoms with van der Waals surface area (Å²) < 4.78 is 61.4. The van der Waals surface area contributed by atoms with Crippen LogP contribution in [-0.2, 0) is 55.8 Å². The fourth-order valence-corrected chi connectivity index (χ4v) is 14.0. The number of unbranched alkanes of at least 4 members (excludes halogenated alkanes) is 36. The first-order chi connectivity index (χ1) is 57.2. The van der Waals surface area contributed by atoms with Gasteiger partial charge in [-0.05, 0) is 154 Å². The van der Waals surface area contributed by atoms with Gasteiger partial charge in [0.05, 0.1) is 26.4 Å². The van der Waals surface area contributed by atoms with Crippen molar-refractivity contribution in [3.8, 4) is 0 Å². The van der Waals surface area contributed by atoms with Crippen LogP contribution in [0.5, 0.6) is 0 Å². The number of hydrogen-bond donors (Lipinski definition) is 4. The third-order valence-electron chi connectivity index (χ3n) is 19.4. The summed E-state index contributed by atoms with van der Waals surface area (Å²) in [6.07, 6.45) is 117. The highest BCUT2D eigenvalue weighted by atomic mass is 31.2. The molecule has 0 aliphatic rings. The maximum absolute atomic E-state index is 13.0. The largest absolute Gasteiger partial charge is 0.472 e. The molecule has 0 aliphatic heterocycles. The van der Waals surface area contributed by atoms with Crippen LogP contribution < -0.4 is 0 Å². The summed E-state index contributed by atoms with van der Waals surface area (Å²) in [5.41, 5.74) is 0. The number of aliphatic hydroxyl groups excluding tert-OH is 2. The van der Waals surface area contributed by atoms with Crippen molar-refractivity contribution < 1.29 is 75.8 Å². The molecule has 0 aliphatic carbocycles. The van der Waals surface area contributed by atoms with Crippen LogP contribution in [0.3, 0.4) is 0 Å². The van der Waals surface area contributed by atoms with Gasteiger partial charge in [0.25, 0.3) is 0 Å². The predicted molar refractivity (Wildman–Crippen MR) is 491 cm³/mol. The molecule has 0 rings (SSSR count). The Hall–Kier alpha value is -5.09. The number of ether oxygens (including phenoxy) is 3. The lowest BCUT2D eigenvalue weighted by Crippen LogP contribution is -2.30. The van der Waals surface area contributed by atoms with Crippen molar-refractivity contribution >= 4 is 33.6 Å². The fourth-order valence-electron chi connectivity index (χ4n) is 12.4. The number of allylic oxidation sites excluding steroid dienone is 28. The van der Waals surface area contributed by atoms with Crippen LogP contribution in [0.1, 0.15) is 380 Å². The summed E-state index contributed by atoms with van der Waals surface area (Å²) in [6.45, 7) is 2.42. The molecule has 0 fully saturated rings. The lowest BCUT2D eigenvalue weighted by Gasteiger charge is -2.21. The minimum absolute atomic E-state index is 0.0608. The number of hydrogen-bond acceptors (Lipinski definition) is 14. The van der Waals surface area contributed by atoms with Crippen molar-refractivity contribution in [3.63, 3.8) is 0 Å². The van der Waals surface area contributed by atoms with Gasteiger partial charge in [0, 0.05) is 19.3 Å². The molecule has 0 heterocycles. The van der Waals surface area contributed by atoms with Crippen LogP contribution in [0.25, 0.3) is 0 Å². The highest BCUT2D eigenvalue weighted by molar-refractivity contribution is 7.47. The van der Waals surface area contributed by atoms with E-state index in [4.69, 9.17) is 32.3 Å². The van der Waals surface area contributed by atoms with E-state index in [2.05, 4.69) is 191 Å². The Morgan fingerprint density at radius 3 is 0.726 bits per heavy atom. The van der Waals surface area contributed by atoms with Crippen LogP contribution in [0.2, 0.25) is 0 Å². The zero-order chi connectivity index (χ0) is 85.1. The number of carbonyl (C=O) groups is 3. The van der Waals surface area contributed by atoms with E-state index < -0.39 is 91.5 Å². The zero-order valence-electron chi connectivity index (χ0n) is 73.8. The standard InChI is InChI=1S/C99H168O16P2/c1-4-7-10-13-16-19-22-25-28-31-34-36-38-40-42-43-44-45-46-47-48-49-51-53-54-56-59-61-64-67-70-73-76-79-82-85-97(102)109-88-94(100)89-111-116(105,106)112-90-95(101)91-113-117(107,108)114-93-96(115-99(104)87-84-81-78-75-72-69-66-63-58-33-30-27-24-21-18-15-12-9-6-3)92-110-98(103)86-83-80-77-74-71-68-65-62-60-57-55-52-50-41-39-37-35-32-29-26-23-20-17-14-11-8-5-2/h7,9-10,12,16-21,25-30,34-37,40-42,50,58,63,69,72,94-96,100-101H,4-6,8,11,13-15,22-24,31-33,38-39,43-49,51-57,59-62,64-68,70-71,73-93H2,1-3H3,(H,105,106)(H,107,108)/b10-7-,12-9-,19-16-,20-17-,21-18-,28-25-,29-26-,30-27-,36-34-,37-35-,42-40-,50-41-,63-58-,72-69-. The van der Waals surface area contributed by atoms with E-state index >= 15 is 0 Å². The van der Waals surface area contributed by atoms with Gasteiger partial charge in [0.1, 0.15) is 25.4 Å². The minimum Gasteiger partial charge on any atom is -0.463 e. The van der Waals surface area contributed by atoms with Gasteiger partial charge >= 0.3 is 33.6 Å². The summed E-state index contributed by atoms with van der Waals surface area (Å²) in [5, 5.41) is 20.7. The molecule has 0 aromatic rings. The van der Waals surface area contributed by atoms with E-state index in [9.17, 15) is 43.5 Å². The summed E-state index contributed by atoms with van der Waals surface area (Å²) in [4.78, 5) is 59.0. The van der Waals surface area contributed by atoms with E-state index in [-0.39, 0.29) is 19.3 Å². The summed E-state index contributed by atoms with van der Waals surface area (Å²) in [6, 6.07) is 0. The summed E-state index contributed by atoms with van der Waals surface area (Å²) in [7, 11) is -9.82. The zero-order valence-corrected chi connectivity index (χ0v) is 75.6. The smallest absolute Gasteiger partial charge is 0.463 e. The van der Waals surface area contributed by atoms with E-state index in [1.165, 1.54) is 167 Å². The Bertz CT molecular complexity index is 2810. The first-order valence-electron chi connectivity index (χ1n) is 46.4. The van der Waals surface area contributed by atoms with Gasteiger partial charge in [0.15, 0.2) is 6.10 Å². The highest BCUT2D eigenvalue weighted by Crippen LogP contribution is 2.45. The lowest BCUT2D eigenvalue weighted by atomic mass is 10.0. The van der Waals surface area contributed by atoms with Crippen molar-refractivity contribution in [2.75, 3.05) is 39.6 Å². The van der Waals surface area contributed by atoms with Crippen LogP contribution >= 0.6 is 15.6 Å². The Labute approximate surface area is 713 Å². The Morgan fingerprint density at radius 1 is 0.248 bits per heavy atom. The van der Waals surface area contributed by atoms with Crippen molar-refractivity contribution in [2.24, 2.45) is 0 Å². The SMILES string of the molecule is CC/C=C\C/C=C\C/C=C\C/C=C\C/C=C\CCCCCCCCCCCCCCCCCCCCCC(=O)OCC(O)COP(=O)(O)OCC(O)COP(=O)(O)OCC(COC(=O)CCCCCCCCCCCCC/C=C\C/C=C\C/C=C\C/C=C\CCCCC)OC(=O)CCCCC/C=C\C/C=C\C/C=C\C/C=C\C/C=C\CC. The van der Waals surface area contributed by atoms with Gasteiger partial charge in [-0.2, -0.15) is 0 Å². The molecule has 18 heteroatoms. The van der Waals surface area contributed by atoms with Crippen molar-refractivity contribution in [2.45, 2.75) is 399 Å². The van der Waals surface area contributed by atoms with Gasteiger partial charge in [-0.3, -0.25) is 32.5 Å². The molecular weight excluding hydrogens is 1510 g/mol. The van der Waals surface area contributed by atoms with Crippen molar-refractivity contribution in [1.82, 2.24) is 0 Å². The van der Waals surface area contributed by atoms with Gasteiger partial charge in [-0.15, -0.1) is 0 Å². The molecule has 117 heavy (non-hydrogen) atoms. The van der Waals surface area contributed by atoms with E-state index in [1.807, 2.05) is 0 Å². The first kappa shape index (κ1) is 112. The van der Waals surface area contributed by atoms with Gasteiger partial charge in [-0.1, -0.05) is 377 Å². The van der Waals surface area contributed by atoms with E-state index in [0.29, 0.717) is 19.3 Å². The molecule has 4 N–H and O–H groups in total. The fraction of sp³-hybridized carbons (Fsp3) is 0.687. The Balaban J connectivity index is 4.52. The van der Waals surface area contributed by atoms with E-state index in [0.717, 1.165) is 154 Å². The number of phosphoric ester groups is 2. The molecule has 0 bridgehead atoms. The normalized spacial score (nSPS) is 14.6. The average molecular weight is 1680 g/mol. The van der Waals surface area contributed by atoms with Gasteiger partial charge in [0.2, 0.25) is 0 Å². The van der Waals surface area contributed by atoms with Gasteiger partial charge < -0.3 is 34.2 Å². The molecule has 5 atom stereocenters. The second-order valence-corrected chi connectivity index (χ2v) is 33.6. The topological polar surface area (TPSA) is 231 Å².